The van der Waals surface area contributed by atoms with E-state index in [1.54, 1.807) is 11.0 Å². The summed E-state index contributed by atoms with van der Waals surface area (Å²) in [5.74, 6) is -0.221. The highest BCUT2D eigenvalue weighted by Gasteiger charge is 2.36. The first kappa shape index (κ1) is 28.0. The molecule has 210 valence electrons. The SMILES string of the molecule is CN1CCN(C[C@H]2CN(C(=O)O)CC(=O)N2Cc2ccc(C#N)c(N=C(c3ccccc3)c3ccccc3)c2)CC1. The van der Waals surface area contributed by atoms with Crippen LogP contribution in [0.3, 0.4) is 0 Å². The van der Waals surface area contributed by atoms with E-state index < -0.39 is 6.09 Å². The topological polar surface area (TPSA) is 103 Å². The fourth-order valence-electron chi connectivity index (χ4n) is 5.39. The van der Waals surface area contributed by atoms with Crippen LogP contribution < -0.4 is 0 Å². The highest BCUT2D eigenvalue weighted by molar-refractivity contribution is 6.14. The van der Waals surface area contributed by atoms with Gasteiger partial charge in [0, 0.05) is 56.9 Å². The molecule has 0 bridgehead atoms. The van der Waals surface area contributed by atoms with E-state index in [1.165, 1.54) is 4.90 Å². The number of hydrogen-bond acceptors (Lipinski definition) is 6. The lowest BCUT2D eigenvalue weighted by atomic mass is 10.0. The molecule has 2 amide bonds. The van der Waals surface area contributed by atoms with Crippen molar-refractivity contribution in [2.45, 2.75) is 12.6 Å². The highest BCUT2D eigenvalue weighted by Crippen LogP contribution is 2.26. The van der Waals surface area contributed by atoms with Gasteiger partial charge in [0.1, 0.15) is 12.6 Å². The molecule has 0 aliphatic carbocycles. The first-order valence-electron chi connectivity index (χ1n) is 13.8. The molecule has 1 atom stereocenters. The average molecular weight is 551 g/mol. The molecule has 0 unspecified atom stereocenters. The third kappa shape index (κ3) is 6.80. The first-order chi connectivity index (χ1) is 19.9. The maximum absolute atomic E-state index is 13.3. The molecule has 0 saturated carbocycles. The van der Waals surface area contributed by atoms with Gasteiger partial charge in [-0.25, -0.2) is 9.79 Å². The minimum Gasteiger partial charge on any atom is -0.465 e. The van der Waals surface area contributed by atoms with Crippen LogP contribution in [0, 0.1) is 11.3 Å². The molecular formula is C32H34N6O3. The molecule has 3 aromatic rings. The van der Waals surface area contributed by atoms with E-state index in [-0.39, 0.29) is 25.0 Å². The van der Waals surface area contributed by atoms with Gasteiger partial charge in [-0.15, -0.1) is 0 Å². The quantitative estimate of drug-likeness (QED) is 0.451. The number of likely N-dealkylation sites (N-methyl/N-ethyl adjacent to an activating group) is 1. The van der Waals surface area contributed by atoms with E-state index in [0.717, 1.165) is 48.6 Å². The fraction of sp³-hybridized carbons (Fsp3) is 0.312. The second-order valence-electron chi connectivity index (χ2n) is 10.6. The van der Waals surface area contributed by atoms with Crippen molar-refractivity contribution in [3.05, 3.63) is 101 Å². The lowest BCUT2D eigenvalue weighted by Crippen LogP contribution is -2.61. The van der Waals surface area contributed by atoms with Gasteiger partial charge in [-0.3, -0.25) is 14.6 Å². The van der Waals surface area contributed by atoms with Crippen LogP contribution in [0.1, 0.15) is 22.3 Å². The number of carbonyl (C=O) groups excluding carboxylic acids is 1. The van der Waals surface area contributed by atoms with Gasteiger partial charge < -0.3 is 14.9 Å². The Kier molecular flexibility index (Phi) is 8.73. The van der Waals surface area contributed by atoms with Gasteiger partial charge in [0.05, 0.1) is 23.0 Å². The molecule has 41 heavy (non-hydrogen) atoms. The highest BCUT2D eigenvalue weighted by atomic mass is 16.4. The van der Waals surface area contributed by atoms with Crippen molar-refractivity contribution in [1.29, 1.82) is 5.26 Å². The molecule has 0 aromatic heterocycles. The largest absolute Gasteiger partial charge is 0.465 e. The van der Waals surface area contributed by atoms with E-state index in [0.29, 0.717) is 24.3 Å². The van der Waals surface area contributed by atoms with Crippen LogP contribution in [0.5, 0.6) is 0 Å². The number of carboxylic acid groups (broad SMARTS) is 1. The number of piperazine rings is 2. The van der Waals surface area contributed by atoms with Crippen molar-refractivity contribution in [2.75, 3.05) is 52.9 Å². The van der Waals surface area contributed by atoms with Gasteiger partial charge in [-0.2, -0.15) is 5.26 Å². The Labute approximate surface area is 240 Å². The van der Waals surface area contributed by atoms with Crippen LogP contribution in [0.2, 0.25) is 0 Å². The summed E-state index contributed by atoms with van der Waals surface area (Å²) < 4.78 is 0. The summed E-state index contributed by atoms with van der Waals surface area (Å²) in [6.45, 7) is 4.64. The summed E-state index contributed by atoms with van der Waals surface area (Å²) in [5, 5.41) is 19.5. The fourth-order valence-corrected chi connectivity index (χ4v) is 5.39. The van der Waals surface area contributed by atoms with Gasteiger partial charge in [0.15, 0.2) is 0 Å². The predicted molar refractivity (Wildman–Crippen MR) is 157 cm³/mol. The third-order valence-corrected chi connectivity index (χ3v) is 7.72. The summed E-state index contributed by atoms with van der Waals surface area (Å²) in [6.07, 6.45) is -1.08. The Morgan fingerprint density at radius 3 is 2.20 bits per heavy atom. The Balaban J connectivity index is 1.46. The summed E-state index contributed by atoms with van der Waals surface area (Å²) in [5.41, 5.74) is 4.41. The first-order valence-corrected chi connectivity index (χ1v) is 13.8. The van der Waals surface area contributed by atoms with E-state index in [2.05, 4.69) is 22.9 Å². The molecular weight excluding hydrogens is 516 g/mol. The van der Waals surface area contributed by atoms with Crippen molar-refractivity contribution in [3.63, 3.8) is 0 Å². The zero-order chi connectivity index (χ0) is 28.8. The Bertz CT molecular complexity index is 1400. The molecule has 2 aliphatic rings. The van der Waals surface area contributed by atoms with E-state index >= 15 is 0 Å². The van der Waals surface area contributed by atoms with Gasteiger partial charge in [0.25, 0.3) is 0 Å². The molecule has 0 radical (unpaired) electrons. The van der Waals surface area contributed by atoms with Crippen LogP contribution in [0.15, 0.2) is 83.9 Å². The Morgan fingerprint density at radius 2 is 1.61 bits per heavy atom. The van der Waals surface area contributed by atoms with Crippen molar-refractivity contribution in [3.8, 4) is 6.07 Å². The summed E-state index contributed by atoms with van der Waals surface area (Å²) >= 11 is 0. The molecule has 5 rings (SSSR count). The van der Waals surface area contributed by atoms with Crippen molar-refractivity contribution in [1.82, 2.24) is 19.6 Å². The van der Waals surface area contributed by atoms with Gasteiger partial charge in [-0.05, 0) is 24.7 Å². The van der Waals surface area contributed by atoms with Gasteiger partial charge >= 0.3 is 6.09 Å². The maximum atomic E-state index is 13.3. The number of nitrogens with zero attached hydrogens (tertiary/aromatic N) is 6. The minimum absolute atomic E-state index is 0.165. The smallest absolute Gasteiger partial charge is 0.407 e. The third-order valence-electron chi connectivity index (χ3n) is 7.72. The lowest BCUT2D eigenvalue weighted by Gasteiger charge is -2.43. The van der Waals surface area contributed by atoms with Gasteiger partial charge in [0.2, 0.25) is 5.91 Å². The molecule has 2 fully saturated rings. The number of nitriles is 1. The summed E-state index contributed by atoms with van der Waals surface area (Å²) in [4.78, 5) is 37.6. The molecule has 9 nitrogen and oxygen atoms in total. The Morgan fingerprint density at radius 1 is 0.976 bits per heavy atom. The van der Waals surface area contributed by atoms with E-state index in [9.17, 15) is 20.0 Å². The van der Waals surface area contributed by atoms with E-state index in [4.69, 9.17) is 4.99 Å². The standard InChI is InChI=1S/C32H34N6O3/c1-35-14-16-36(17-15-35)21-28-22-37(32(40)41)23-30(39)38(28)20-24-12-13-27(19-33)29(18-24)34-31(25-8-4-2-5-9-25)26-10-6-3-7-11-26/h2-13,18,28H,14-17,20-23H2,1H3,(H,40,41)/t28-/m0/s1. The molecule has 2 heterocycles. The van der Waals surface area contributed by atoms with Crippen molar-refractivity contribution in [2.24, 2.45) is 4.99 Å². The van der Waals surface area contributed by atoms with Crippen LogP contribution >= 0.6 is 0 Å². The predicted octanol–water partition coefficient (Wildman–Crippen LogP) is 3.67. The number of amides is 2. The lowest BCUT2D eigenvalue weighted by molar-refractivity contribution is -0.140. The molecule has 2 saturated heterocycles. The average Bonchev–Trinajstić information content (AvgIpc) is 2.99. The van der Waals surface area contributed by atoms with Crippen LogP contribution in [-0.2, 0) is 11.3 Å². The number of carbonyl (C=O) groups is 2. The molecule has 1 N–H and O–H groups in total. The summed E-state index contributed by atoms with van der Waals surface area (Å²) in [7, 11) is 2.09. The van der Waals surface area contributed by atoms with Gasteiger partial charge in [-0.1, -0.05) is 66.7 Å². The van der Waals surface area contributed by atoms with Crippen LogP contribution in [0.25, 0.3) is 0 Å². The number of rotatable bonds is 7. The zero-order valence-corrected chi connectivity index (χ0v) is 23.2. The zero-order valence-electron chi connectivity index (χ0n) is 23.2. The normalized spacial score (nSPS) is 18.1. The molecule has 2 aliphatic heterocycles. The monoisotopic (exact) mass is 550 g/mol. The molecule has 0 spiro atoms. The van der Waals surface area contributed by atoms with Crippen LogP contribution in [0.4, 0.5) is 10.5 Å². The van der Waals surface area contributed by atoms with E-state index in [1.807, 2.05) is 72.8 Å². The second-order valence-corrected chi connectivity index (χ2v) is 10.6. The maximum Gasteiger partial charge on any atom is 0.407 e. The minimum atomic E-state index is -1.08. The van der Waals surface area contributed by atoms with Crippen LogP contribution in [-0.4, -0.2) is 101 Å². The van der Waals surface area contributed by atoms with Crippen molar-refractivity contribution >= 4 is 23.4 Å². The number of benzene rings is 3. The Hall–Kier alpha value is -4.52. The van der Waals surface area contributed by atoms with Crippen molar-refractivity contribution < 1.29 is 14.7 Å². The molecule has 9 heteroatoms. The second kappa shape index (κ2) is 12.8. The summed E-state index contributed by atoms with van der Waals surface area (Å²) in [6, 6.07) is 27.1. The number of hydrogen-bond donors (Lipinski definition) is 1. The molecule has 3 aromatic carbocycles. The number of aliphatic imine (C=N–C) groups is 1.